The predicted molar refractivity (Wildman–Crippen MR) is 131 cm³/mol. The van der Waals surface area contributed by atoms with Gasteiger partial charge in [-0.15, -0.1) is 0 Å². The molecule has 6 nitrogen and oxygen atoms in total. The molecule has 0 aliphatic carbocycles. The van der Waals surface area contributed by atoms with E-state index in [4.69, 9.17) is 14.9 Å². The molecule has 0 saturated carbocycles. The Bertz CT molecular complexity index is 1120. The fourth-order valence-corrected chi connectivity index (χ4v) is 3.61. The van der Waals surface area contributed by atoms with Crippen LogP contribution in [0.15, 0.2) is 90.3 Å². The first kappa shape index (κ1) is 22.3. The van der Waals surface area contributed by atoms with Gasteiger partial charge in [-0.05, 0) is 42.3 Å². The summed E-state index contributed by atoms with van der Waals surface area (Å²) in [5.41, 5.74) is 4.35. The molecule has 1 fully saturated rings. The van der Waals surface area contributed by atoms with Crippen LogP contribution in [0.2, 0.25) is 0 Å². The number of benzene rings is 3. The molecule has 0 bridgehead atoms. The summed E-state index contributed by atoms with van der Waals surface area (Å²) in [4.78, 5) is 15.2. The van der Waals surface area contributed by atoms with Gasteiger partial charge in [0.1, 0.15) is 11.4 Å². The molecule has 1 heterocycles. The van der Waals surface area contributed by atoms with Crippen molar-refractivity contribution in [3.05, 3.63) is 95.9 Å². The maximum Gasteiger partial charge on any atom is 0.293 e. The number of hydrogen-bond acceptors (Lipinski definition) is 5. The SMILES string of the molecule is Cc1ccc(NC(=O)/C(Oc2ccc(-c3ccccc3)cc2)=C(\C=N)N2CCOCC2)cc1. The largest absolute Gasteiger partial charge is 0.449 e. The second-order valence-corrected chi connectivity index (χ2v) is 7.77. The number of morpholine rings is 1. The number of allylic oxidation sites excluding steroid dienone is 1. The van der Waals surface area contributed by atoms with E-state index in [0.717, 1.165) is 16.7 Å². The van der Waals surface area contributed by atoms with Crippen LogP contribution in [0.25, 0.3) is 11.1 Å². The number of ether oxygens (including phenoxy) is 2. The van der Waals surface area contributed by atoms with Crippen LogP contribution in [0.5, 0.6) is 5.75 Å². The molecule has 0 atom stereocenters. The highest BCUT2D eigenvalue weighted by Crippen LogP contribution is 2.25. The molecule has 1 saturated heterocycles. The molecule has 6 heteroatoms. The second-order valence-electron chi connectivity index (χ2n) is 7.77. The van der Waals surface area contributed by atoms with Crippen LogP contribution in [0, 0.1) is 12.3 Å². The molecule has 33 heavy (non-hydrogen) atoms. The Kier molecular flexibility index (Phi) is 7.17. The quantitative estimate of drug-likeness (QED) is 0.312. The van der Waals surface area contributed by atoms with Gasteiger partial charge >= 0.3 is 0 Å². The first-order chi connectivity index (χ1) is 16.1. The Morgan fingerprint density at radius 3 is 2.21 bits per heavy atom. The van der Waals surface area contributed by atoms with Gasteiger partial charge in [0.05, 0.1) is 13.2 Å². The highest BCUT2D eigenvalue weighted by Gasteiger charge is 2.23. The van der Waals surface area contributed by atoms with Crippen LogP contribution in [0.1, 0.15) is 5.56 Å². The van der Waals surface area contributed by atoms with E-state index in [1.54, 1.807) is 0 Å². The van der Waals surface area contributed by atoms with Gasteiger partial charge in [0.25, 0.3) is 5.91 Å². The third kappa shape index (κ3) is 5.67. The summed E-state index contributed by atoms with van der Waals surface area (Å²) >= 11 is 0. The highest BCUT2D eigenvalue weighted by atomic mass is 16.5. The summed E-state index contributed by atoms with van der Waals surface area (Å²) in [5.74, 6) is 0.201. The monoisotopic (exact) mass is 441 g/mol. The van der Waals surface area contributed by atoms with Crippen LogP contribution in [0.3, 0.4) is 0 Å². The molecule has 1 aliphatic rings. The Labute approximate surface area is 194 Å². The summed E-state index contributed by atoms with van der Waals surface area (Å²) in [5, 5.41) is 10.9. The van der Waals surface area contributed by atoms with E-state index in [-0.39, 0.29) is 5.76 Å². The number of carbonyl (C=O) groups is 1. The van der Waals surface area contributed by atoms with Crippen molar-refractivity contribution in [2.75, 3.05) is 31.6 Å². The van der Waals surface area contributed by atoms with Crippen molar-refractivity contribution in [2.45, 2.75) is 6.92 Å². The first-order valence-electron chi connectivity index (χ1n) is 10.9. The zero-order valence-electron chi connectivity index (χ0n) is 18.6. The minimum absolute atomic E-state index is 0.0833. The number of hydrogen-bond donors (Lipinski definition) is 2. The molecular formula is C27H27N3O3. The van der Waals surface area contributed by atoms with E-state index < -0.39 is 5.91 Å². The average molecular weight is 442 g/mol. The molecule has 3 aromatic rings. The number of rotatable bonds is 7. The lowest BCUT2D eigenvalue weighted by Gasteiger charge is -2.30. The van der Waals surface area contributed by atoms with Gasteiger partial charge in [-0.1, -0.05) is 60.2 Å². The van der Waals surface area contributed by atoms with Crippen LogP contribution in [0.4, 0.5) is 5.69 Å². The van der Waals surface area contributed by atoms with Crippen molar-refractivity contribution >= 4 is 17.8 Å². The lowest BCUT2D eigenvalue weighted by Crippen LogP contribution is -2.38. The smallest absolute Gasteiger partial charge is 0.293 e. The van der Waals surface area contributed by atoms with Crippen molar-refractivity contribution in [2.24, 2.45) is 0 Å². The Hall–Kier alpha value is -3.90. The third-order valence-electron chi connectivity index (χ3n) is 5.42. The van der Waals surface area contributed by atoms with Crippen molar-refractivity contribution < 1.29 is 14.3 Å². The van der Waals surface area contributed by atoms with Gasteiger partial charge in [0, 0.05) is 25.0 Å². The number of nitrogens with zero attached hydrogens (tertiary/aromatic N) is 1. The summed E-state index contributed by atoms with van der Waals surface area (Å²) in [6.45, 7) is 4.24. The zero-order valence-corrected chi connectivity index (χ0v) is 18.6. The van der Waals surface area contributed by atoms with Gasteiger partial charge in [0.15, 0.2) is 0 Å². The van der Waals surface area contributed by atoms with Gasteiger partial charge in [-0.2, -0.15) is 0 Å². The molecule has 0 radical (unpaired) electrons. The summed E-state index contributed by atoms with van der Waals surface area (Å²) in [6.07, 6.45) is 1.17. The lowest BCUT2D eigenvalue weighted by molar-refractivity contribution is -0.115. The topological polar surface area (TPSA) is 74.7 Å². The molecule has 1 amide bonds. The van der Waals surface area contributed by atoms with Crippen molar-refractivity contribution in [3.8, 4) is 16.9 Å². The molecule has 0 unspecified atom stereocenters. The van der Waals surface area contributed by atoms with Crippen LogP contribution >= 0.6 is 0 Å². The van der Waals surface area contributed by atoms with Crippen LogP contribution in [-0.4, -0.2) is 43.3 Å². The summed E-state index contributed by atoms with van der Waals surface area (Å²) < 4.78 is 11.5. The number of carbonyl (C=O) groups excluding carboxylic acids is 1. The normalized spacial score (nSPS) is 14.3. The van der Waals surface area contributed by atoms with E-state index in [9.17, 15) is 4.79 Å². The molecule has 0 aromatic heterocycles. The molecule has 0 spiro atoms. The molecule has 1 aliphatic heterocycles. The number of amides is 1. The molecule has 2 N–H and O–H groups in total. The number of nitrogens with one attached hydrogen (secondary N) is 2. The molecular weight excluding hydrogens is 414 g/mol. The molecule has 4 rings (SSSR count). The van der Waals surface area contributed by atoms with Crippen LogP contribution < -0.4 is 10.1 Å². The van der Waals surface area contributed by atoms with Gasteiger partial charge in [-0.3, -0.25) is 4.79 Å². The fourth-order valence-electron chi connectivity index (χ4n) is 3.61. The Morgan fingerprint density at radius 2 is 1.58 bits per heavy atom. The highest BCUT2D eigenvalue weighted by molar-refractivity contribution is 6.05. The Morgan fingerprint density at radius 1 is 0.939 bits per heavy atom. The maximum atomic E-state index is 13.3. The van der Waals surface area contributed by atoms with E-state index in [2.05, 4.69) is 5.32 Å². The number of aryl methyl sites for hydroxylation is 1. The van der Waals surface area contributed by atoms with Gasteiger partial charge in [-0.25, -0.2) is 0 Å². The summed E-state index contributed by atoms with van der Waals surface area (Å²) in [7, 11) is 0. The fraction of sp³-hybridized carbons (Fsp3) is 0.185. The molecule has 168 valence electrons. The minimum atomic E-state index is -0.406. The van der Waals surface area contributed by atoms with E-state index >= 15 is 0 Å². The van der Waals surface area contributed by atoms with E-state index in [1.165, 1.54) is 6.21 Å². The van der Waals surface area contributed by atoms with Crippen LogP contribution in [-0.2, 0) is 9.53 Å². The van der Waals surface area contributed by atoms with E-state index in [1.807, 2.05) is 90.7 Å². The second kappa shape index (κ2) is 10.6. The first-order valence-corrected chi connectivity index (χ1v) is 10.9. The van der Waals surface area contributed by atoms with Gasteiger partial charge < -0.3 is 25.1 Å². The minimum Gasteiger partial charge on any atom is -0.449 e. The maximum absolute atomic E-state index is 13.3. The third-order valence-corrected chi connectivity index (χ3v) is 5.42. The van der Waals surface area contributed by atoms with Crippen molar-refractivity contribution in [1.29, 1.82) is 5.41 Å². The van der Waals surface area contributed by atoms with E-state index in [0.29, 0.717) is 43.4 Å². The lowest BCUT2D eigenvalue weighted by atomic mass is 10.1. The van der Waals surface area contributed by atoms with Crippen molar-refractivity contribution in [1.82, 2.24) is 4.90 Å². The standard InChI is InChI=1S/C27H27N3O3/c1-20-7-11-23(12-8-20)29-27(31)26(25(19-28)30-15-17-32-18-16-30)33-24-13-9-22(10-14-24)21-5-3-2-4-6-21/h2-14,19,28H,15-18H2,1H3,(H,29,31)/b26-25-,28-19?. The zero-order chi connectivity index (χ0) is 23.0. The molecule has 3 aromatic carbocycles. The number of anilines is 1. The summed E-state index contributed by atoms with van der Waals surface area (Å²) in [6, 6.07) is 25.2. The Balaban J connectivity index is 1.63. The average Bonchev–Trinajstić information content (AvgIpc) is 2.87. The van der Waals surface area contributed by atoms with Crippen molar-refractivity contribution in [3.63, 3.8) is 0 Å². The van der Waals surface area contributed by atoms with Gasteiger partial charge in [0.2, 0.25) is 5.76 Å². The predicted octanol–water partition coefficient (Wildman–Crippen LogP) is 4.87.